The molecule has 4 aromatic carbocycles. The van der Waals surface area contributed by atoms with Crippen LogP contribution in [0.25, 0.3) is 17.1 Å². The molecule has 7 N–H and O–H groups in total. The Hall–Kier alpha value is -9.61. The first kappa shape index (κ1) is 72.2. The van der Waals surface area contributed by atoms with E-state index in [1.165, 1.54) is 42.9 Å². The van der Waals surface area contributed by atoms with E-state index in [2.05, 4.69) is 35.3 Å². The minimum atomic E-state index is -2.47. The molecule has 3 saturated heterocycles. The number of aromatic nitrogens is 6. The molecular formula is C74H88N10O18. The zero-order valence-electron chi connectivity index (χ0n) is 58.7. The fraction of sp³-hybridized carbons (Fsp3) is 0.500. The number of aliphatic hydroxyl groups excluding tert-OH is 2. The first-order valence-corrected chi connectivity index (χ1v) is 34.4. The molecule has 0 radical (unpaired) electrons. The van der Waals surface area contributed by atoms with Crippen molar-refractivity contribution in [3.63, 3.8) is 0 Å². The lowest BCUT2D eigenvalue weighted by Gasteiger charge is -2.67. The summed E-state index contributed by atoms with van der Waals surface area (Å²) in [6.45, 7) is 19.3. The highest BCUT2D eigenvalue weighted by Gasteiger charge is 2.78. The molecule has 3 aliphatic carbocycles. The number of aliphatic hydroxyl groups is 3. The van der Waals surface area contributed by atoms with Gasteiger partial charge in [-0.1, -0.05) is 93.5 Å². The number of ether oxygens (including phenoxy) is 6. The van der Waals surface area contributed by atoms with Gasteiger partial charge >= 0.3 is 36.0 Å². The second-order valence-electron chi connectivity index (χ2n) is 29.5. The van der Waals surface area contributed by atoms with Gasteiger partial charge < -0.3 is 74.2 Å². The molecule has 5 heterocycles. The smallest absolute Gasteiger partial charge is 0.408 e. The fourth-order valence-electron chi connectivity index (χ4n) is 15.8. The number of phenolic OH excluding ortho intramolecular Hbond substituents is 2. The van der Waals surface area contributed by atoms with Crippen molar-refractivity contribution in [1.82, 2.24) is 39.9 Å². The summed E-state index contributed by atoms with van der Waals surface area (Å²) in [4.78, 5) is 108. The molecule has 5 fully saturated rings. The van der Waals surface area contributed by atoms with Crippen LogP contribution in [0.3, 0.4) is 0 Å². The summed E-state index contributed by atoms with van der Waals surface area (Å²) in [6.07, 6.45) is -10.2. The Morgan fingerprint density at radius 2 is 1.44 bits per heavy atom. The molecule has 2 bridgehead atoms. The van der Waals surface area contributed by atoms with E-state index in [-0.39, 0.29) is 84.9 Å². The molecule has 28 nitrogen and oxygen atoms in total. The van der Waals surface area contributed by atoms with Gasteiger partial charge in [-0.05, 0) is 112 Å². The lowest BCUT2D eigenvalue weighted by molar-refractivity contribution is -0.346. The van der Waals surface area contributed by atoms with Crippen LogP contribution in [0.2, 0.25) is 0 Å². The number of aromatic hydroxyl groups is 3. The van der Waals surface area contributed by atoms with E-state index < -0.39 is 124 Å². The Morgan fingerprint density at radius 1 is 0.804 bits per heavy atom. The fourth-order valence-corrected chi connectivity index (χ4v) is 15.8. The first-order chi connectivity index (χ1) is 48.3. The normalized spacial score (nSPS) is 26.4. The third kappa shape index (κ3) is 13.5. The number of Topliss-reactive ketones (excluding diaryl/α,β-unsaturated/α-hetero) is 1. The molecular weight excluding hydrogens is 1320 g/mol. The van der Waals surface area contributed by atoms with Crippen LogP contribution in [0.1, 0.15) is 134 Å². The molecule has 28 heteroatoms. The highest BCUT2D eigenvalue weighted by molar-refractivity contribution is 5.94. The number of rotatable bonds is 17. The van der Waals surface area contributed by atoms with E-state index >= 15 is 9.59 Å². The summed E-state index contributed by atoms with van der Waals surface area (Å²) in [6, 6.07) is 24.7. The number of hydrogen-bond acceptors (Lipinski definition) is 26. The number of carbonyl (C=O) groups excluding carboxylic acids is 6. The van der Waals surface area contributed by atoms with Gasteiger partial charge in [0.25, 0.3) is 0 Å². The van der Waals surface area contributed by atoms with E-state index in [9.17, 15) is 49.8 Å². The summed E-state index contributed by atoms with van der Waals surface area (Å²) in [7, 11) is 0. The number of esters is 4. The van der Waals surface area contributed by atoms with Gasteiger partial charge in [-0.15, -0.1) is 5.10 Å². The molecule has 0 unspecified atom stereocenters. The second kappa shape index (κ2) is 28.0. The Labute approximate surface area is 589 Å². The van der Waals surface area contributed by atoms with Crippen molar-refractivity contribution in [3.8, 4) is 34.6 Å². The summed E-state index contributed by atoms with van der Waals surface area (Å²) in [5.41, 5.74) is -6.35. The number of anilines is 2. The molecule has 6 aromatic rings. The number of fused-ring (bicyclic) bond motifs is 5. The molecule has 0 spiro atoms. The third-order valence-electron chi connectivity index (χ3n) is 21.4. The van der Waals surface area contributed by atoms with E-state index in [1.54, 1.807) is 89.2 Å². The van der Waals surface area contributed by atoms with E-state index in [4.69, 9.17) is 33.4 Å². The second-order valence-corrected chi connectivity index (χ2v) is 29.5. The molecule has 6 aliphatic rings. The number of benzene rings is 4. The minimum absolute atomic E-state index is 0.0430. The van der Waals surface area contributed by atoms with Crippen molar-refractivity contribution < 1.29 is 87.8 Å². The number of ketones is 1. The topological polar surface area (TPSA) is 370 Å². The van der Waals surface area contributed by atoms with Crippen LogP contribution in [-0.4, -0.2) is 200 Å². The monoisotopic (exact) mass is 1400 g/mol. The number of nitrogens with one attached hydrogen (secondary N) is 1. The van der Waals surface area contributed by atoms with Gasteiger partial charge in [-0.3, -0.25) is 19.3 Å². The zero-order chi connectivity index (χ0) is 73.1. The first-order valence-electron chi connectivity index (χ1n) is 34.4. The molecule has 3 aliphatic heterocycles. The minimum Gasteiger partial charge on any atom is -0.508 e. The standard InChI is InChI=1S/C74H88N10O18/c1-40(2)48-33-49(51(87)34-50(48)86)62-79-80-68(94)84(62)47-23-21-43(22-24-47)37-81-29-31-83(32-30-81)67-76-39-75-66(78-67)82-27-25-46(26-28-82)63(91)99-58(56(44-17-13-11-14-18-44)77-69(95)102-70(5,6)7)65(93)98-52-36-74(96)61(100-64(92)45-19-15-12-16-20-45)59-72(10,60(90)57(89)55(41(52)3)71(74,8)9)53(88)35-54-73(59,38-97-54)101-42(4)85/h11-24,33-34,39-40,46,52-54,56-59,61,86-89,96H,25-32,35-38H2,1-10H3,(H,77,95)(H,80,94)/t52-,53-,54+,56-,57+,58+,59-,61-,72+,73-,74+/m0/s1. The van der Waals surface area contributed by atoms with Gasteiger partial charge in [-0.2, -0.15) is 4.98 Å². The number of piperidine rings is 1. The van der Waals surface area contributed by atoms with Gasteiger partial charge in [0.2, 0.25) is 18.0 Å². The number of amides is 1. The highest BCUT2D eigenvalue weighted by atomic mass is 16.6. The number of hydrogen-bond donors (Lipinski definition) is 7. The van der Waals surface area contributed by atoms with Gasteiger partial charge in [-0.25, -0.2) is 28.9 Å². The van der Waals surface area contributed by atoms with Crippen molar-refractivity contribution in [2.75, 3.05) is 55.7 Å². The van der Waals surface area contributed by atoms with Crippen LogP contribution in [0.5, 0.6) is 17.5 Å². The quantitative estimate of drug-likeness (QED) is 0.0283. The molecule has 102 heavy (non-hydrogen) atoms. The van der Waals surface area contributed by atoms with E-state index in [0.717, 1.165) is 12.5 Å². The summed E-state index contributed by atoms with van der Waals surface area (Å²) in [5.74, 6) is -6.43. The Balaban J connectivity index is 0.768. The SMILES string of the molecule is CC(=O)O[C@@]12CO[C@@H]1C[C@H](O)[C@@]1(C)C(=O)[C@H](O)C3=C(C)[C@@H](OC(=O)[C@H](OC(=O)C4CCN(c5ncnc(N6CCN(Cc7ccc(-n8c(O)nnc8-c8cc(C(C)C)c(O)cc8O)cc7)CC6)n5)CC4)[C@@H](NC(=O)OC(C)(C)C)c4ccccc4)C[C@@](O)([C@@H](OC(=O)c4ccccc4)[C@H]21)C3(C)C. The van der Waals surface area contributed by atoms with Crippen LogP contribution in [0.4, 0.5) is 16.7 Å². The maximum atomic E-state index is 15.6. The largest absolute Gasteiger partial charge is 0.508 e. The van der Waals surface area contributed by atoms with Crippen LogP contribution in [0, 0.1) is 22.7 Å². The number of alkyl carbamates (subject to hydrolysis) is 1. The van der Waals surface area contributed by atoms with Crippen molar-refractivity contribution in [2.45, 2.75) is 167 Å². The predicted octanol–water partition coefficient (Wildman–Crippen LogP) is 6.72. The lowest BCUT2D eigenvalue weighted by Crippen LogP contribution is -2.81. The summed E-state index contributed by atoms with van der Waals surface area (Å²) in [5, 5.41) is 81.8. The average Bonchev–Trinajstić information content (AvgIpc) is 0.706. The van der Waals surface area contributed by atoms with Crippen LogP contribution >= 0.6 is 0 Å². The Bertz CT molecular complexity index is 4190. The van der Waals surface area contributed by atoms with Crippen molar-refractivity contribution in [1.29, 1.82) is 0 Å². The summed E-state index contributed by atoms with van der Waals surface area (Å²) >= 11 is 0. The number of phenols is 2. The third-order valence-corrected chi connectivity index (χ3v) is 21.4. The number of nitrogens with zero attached hydrogens (tertiary/aromatic N) is 9. The van der Waals surface area contributed by atoms with Gasteiger partial charge in [0.15, 0.2) is 17.2 Å². The highest BCUT2D eigenvalue weighted by Crippen LogP contribution is 2.64. The van der Waals surface area contributed by atoms with Gasteiger partial charge in [0.05, 0.1) is 46.8 Å². The predicted molar refractivity (Wildman–Crippen MR) is 366 cm³/mol. The van der Waals surface area contributed by atoms with Crippen molar-refractivity contribution in [3.05, 3.63) is 137 Å². The molecule has 11 atom stereocenters. The number of piperazine rings is 1. The van der Waals surface area contributed by atoms with E-state index in [1.807, 2.05) is 43.0 Å². The van der Waals surface area contributed by atoms with E-state index in [0.29, 0.717) is 67.0 Å². The Kier molecular flexibility index (Phi) is 19.8. The molecule has 542 valence electrons. The van der Waals surface area contributed by atoms with Crippen molar-refractivity contribution in [2.24, 2.45) is 22.7 Å². The maximum absolute atomic E-state index is 15.6. The van der Waals surface area contributed by atoms with Crippen LogP contribution in [-0.2, 0) is 54.1 Å². The molecule has 12 rings (SSSR count). The maximum Gasteiger partial charge on any atom is 0.408 e. The van der Waals surface area contributed by atoms with Gasteiger partial charge in [0, 0.05) is 77.1 Å². The zero-order valence-corrected chi connectivity index (χ0v) is 58.7. The Morgan fingerprint density at radius 3 is 2.05 bits per heavy atom. The molecule has 2 aromatic heterocycles. The molecule has 2 saturated carbocycles. The average molecular weight is 1410 g/mol. The van der Waals surface area contributed by atoms with Gasteiger partial charge in [0.1, 0.15) is 59.5 Å². The van der Waals surface area contributed by atoms with Crippen LogP contribution < -0.4 is 15.1 Å². The number of carbonyl (C=O) groups is 6. The summed E-state index contributed by atoms with van der Waals surface area (Å²) < 4.78 is 38.6. The van der Waals surface area contributed by atoms with Crippen molar-refractivity contribution >= 4 is 47.7 Å². The van der Waals surface area contributed by atoms with Crippen LogP contribution in [0.15, 0.2) is 115 Å². The lowest BCUT2D eigenvalue weighted by atomic mass is 9.44. The molecule has 1 amide bonds.